The van der Waals surface area contributed by atoms with Gasteiger partial charge in [-0.25, -0.2) is 26.7 Å². The number of rotatable bonds is 7. The molecular formula is C20H25F2N7O5S. The molecule has 2 aliphatic heterocycles. The monoisotopic (exact) mass is 513 g/mol. The minimum absolute atomic E-state index is 0.0214. The molecule has 0 saturated carbocycles. The number of amides is 2. The molecule has 1 unspecified atom stereocenters. The number of nitrogens with one attached hydrogen (secondary N) is 1. The second-order valence-corrected chi connectivity index (χ2v) is 10.8. The molecule has 15 heteroatoms. The zero-order valence-corrected chi connectivity index (χ0v) is 20.0. The standard InChI is InChI=1S/C20H25F2N7O5S/c1-12(30)23-9-15-10-28(20(31)34-15)14-7-16(21)19(17(22)8-14)27-5-3-13(4-6-27)29-18(24-25-26-29)11-35(2,32)33/h7-8,13,15H,3-6,9-11H2,1-2H3,(H,23,30). The zero-order chi connectivity index (χ0) is 25.3. The van der Waals surface area contributed by atoms with E-state index in [1.165, 1.54) is 11.6 Å². The van der Waals surface area contributed by atoms with Crippen LogP contribution in [0.5, 0.6) is 0 Å². The SMILES string of the molecule is CC(=O)NCC1CN(c2cc(F)c(N3CCC(n4nnnc4CS(C)(=O)=O)CC3)c(F)c2)C(=O)O1. The first-order valence-corrected chi connectivity index (χ1v) is 13.0. The van der Waals surface area contributed by atoms with Crippen LogP contribution in [0.1, 0.15) is 31.6 Å². The summed E-state index contributed by atoms with van der Waals surface area (Å²) in [6, 6.07) is 1.96. The van der Waals surface area contributed by atoms with Gasteiger partial charge in [0.15, 0.2) is 27.3 Å². The molecule has 4 rings (SSSR count). The van der Waals surface area contributed by atoms with E-state index in [1.54, 1.807) is 4.90 Å². The highest BCUT2D eigenvalue weighted by Crippen LogP contribution is 2.34. The number of hydrogen-bond donors (Lipinski definition) is 1. The molecule has 1 atom stereocenters. The Kier molecular flexibility index (Phi) is 6.87. The van der Waals surface area contributed by atoms with E-state index >= 15 is 8.78 Å². The van der Waals surface area contributed by atoms with Gasteiger partial charge in [0.2, 0.25) is 5.91 Å². The van der Waals surface area contributed by atoms with Gasteiger partial charge in [0.05, 0.1) is 24.8 Å². The Labute approximate surface area is 200 Å². The smallest absolute Gasteiger partial charge is 0.414 e. The molecule has 0 bridgehead atoms. The van der Waals surface area contributed by atoms with Gasteiger partial charge in [0.1, 0.15) is 17.5 Å². The second kappa shape index (κ2) is 9.71. The van der Waals surface area contributed by atoms with E-state index in [-0.39, 0.29) is 48.0 Å². The van der Waals surface area contributed by atoms with Crippen molar-refractivity contribution in [2.45, 2.75) is 37.7 Å². The molecule has 2 aliphatic rings. The second-order valence-electron chi connectivity index (χ2n) is 8.64. The molecule has 1 N–H and O–H groups in total. The number of halogens is 2. The maximum absolute atomic E-state index is 15.0. The number of carbonyl (C=O) groups excluding carboxylic acids is 2. The Morgan fingerprint density at radius 1 is 1.23 bits per heavy atom. The number of tetrazole rings is 1. The molecule has 1 aromatic carbocycles. The summed E-state index contributed by atoms with van der Waals surface area (Å²) >= 11 is 0. The van der Waals surface area contributed by atoms with E-state index in [1.807, 2.05) is 0 Å². The van der Waals surface area contributed by atoms with Gasteiger partial charge in [-0.2, -0.15) is 0 Å². The number of anilines is 2. The summed E-state index contributed by atoms with van der Waals surface area (Å²) in [7, 11) is -3.33. The van der Waals surface area contributed by atoms with Crippen molar-refractivity contribution in [2.24, 2.45) is 0 Å². The predicted molar refractivity (Wildman–Crippen MR) is 120 cm³/mol. The van der Waals surface area contributed by atoms with E-state index in [0.29, 0.717) is 25.9 Å². The van der Waals surface area contributed by atoms with Crippen LogP contribution in [0.15, 0.2) is 12.1 Å². The predicted octanol–water partition coefficient (Wildman–Crippen LogP) is 0.799. The van der Waals surface area contributed by atoms with Gasteiger partial charge in [-0.05, 0) is 23.3 Å². The number of benzene rings is 1. The van der Waals surface area contributed by atoms with Crippen LogP contribution in [0, 0.1) is 11.6 Å². The fourth-order valence-corrected chi connectivity index (χ4v) is 4.92. The van der Waals surface area contributed by atoms with Crippen LogP contribution in [-0.2, 0) is 25.1 Å². The molecule has 0 aliphatic carbocycles. The van der Waals surface area contributed by atoms with Gasteiger partial charge in [-0.15, -0.1) is 5.10 Å². The number of cyclic esters (lactones) is 1. The minimum atomic E-state index is -3.33. The Morgan fingerprint density at radius 3 is 2.49 bits per heavy atom. The summed E-state index contributed by atoms with van der Waals surface area (Å²) < 4.78 is 59.9. The van der Waals surface area contributed by atoms with Crippen molar-refractivity contribution >= 4 is 33.2 Å². The quantitative estimate of drug-likeness (QED) is 0.569. The molecule has 3 heterocycles. The third-order valence-corrected chi connectivity index (χ3v) is 6.63. The number of carbonyl (C=O) groups is 2. The zero-order valence-electron chi connectivity index (χ0n) is 19.1. The van der Waals surface area contributed by atoms with Gasteiger partial charge < -0.3 is 15.0 Å². The molecule has 190 valence electrons. The summed E-state index contributed by atoms with van der Waals surface area (Å²) in [5.74, 6) is -2.00. The highest BCUT2D eigenvalue weighted by molar-refractivity contribution is 7.89. The van der Waals surface area contributed by atoms with E-state index in [9.17, 15) is 18.0 Å². The molecule has 2 fully saturated rings. The first-order chi connectivity index (χ1) is 16.5. The summed E-state index contributed by atoms with van der Waals surface area (Å²) in [5.41, 5.74) is -0.185. The normalized spacial score (nSPS) is 19.2. The highest BCUT2D eigenvalue weighted by atomic mass is 32.2. The topological polar surface area (TPSA) is 140 Å². The van der Waals surface area contributed by atoms with Crippen molar-refractivity contribution in [3.63, 3.8) is 0 Å². The van der Waals surface area contributed by atoms with Gasteiger partial charge >= 0.3 is 6.09 Å². The van der Waals surface area contributed by atoms with Crippen molar-refractivity contribution < 1.29 is 31.5 Å². The van der Waals surface area contributed by atoms with Gasteiger partial charge in [0.25, 0.3) is 0 Å². The lowest BCUT2D eigenvalue weighted by molar-refractivity contribution is -0.119. The number of ether oxygens (including phenoxy) is 1. The molecule has 0 spiro atoms. The van der Waals surface area contributed by atoms with Crippen LogP contribution in [0.3, 0.4) is 0 Å². The molecule has 0 radical (unpaired) electrons. The number of hydrogen-bond acceptors (Lipinski definition) is 9. The number of aromatic nitrogens is 4. The van der Waals surface area contributed by atoms with Crippen molar-refractivity contribution in [1.82, 2.24) is 25.5 Å². The number of nitrogens with zero attached hydrogens (tertiary/aromatic N) is 6. The molecule has 1 aromatic heterocycles. The fraction of sp³-hybridized carbons (Fsp3) is 0.550. The third-order valence-electron chi connectivity index (χ3n) is 5.84. The molecule has 2 aromatic rings. The lowest BCUT2D eigenvalue weighted by Gasteiger charge is -2.34. The summed E-state index contributed by atoms with van der Waals surface area (Å²) in [6.45, 7) is 2.06. The lowest BCUT2D eigenvalue weighted by Crippen LogP contribution is -2.37. The van der Waals surface area contributed by atoms with Crippen LogP contribution in [-0.4, -0.2) is 79.2 Å². The van der Waals surface area contributed by atoms with E-state index in [2.05, 4.69) is 20.8 Å². The largest absolute Gasteiger partial charge is 0.442 e. The number of sulfone groups is 1. The van der Waals surface area contributed by atoms with Crippen molar-refractivity contribution in [2.75, 3.05) is 42.2 Å². The Bertz CT molecular complexity index is 1210. The van der Waals surface area contributed by atoms with Crippen LogP contribution >= 0.6 is 0 Å². The highest BCUT2D eigenvalue weighted by Gasteiger charge is 2.34. The lowest BCUT2D eigenvalue weighted by atomic mass is 10.0. The van der Waals surface area contributed by atoms with Crippen LogP contribution < -0.4 is 15.1 Å². The third kappa shape index (κ3) is 5.66. The first kappa shape index (κ1) is 24.8. The van der Waals surface area contributed by atoms with E-state index in [0.717, 1.165) is 23.3 Å². The first-order valence-electron chi connectivity index (χ1n) is 10.9. The van der Waals surface area contributed by atoms with Gasteiger partial charge in [0, 0.05) is 38.4 Å². The maximum Gasteiger partial charge on any atom is 0.414 e. The fourth-order valence-electron chi connectivity index (χ4n) is 4.27. The van der Waals surface area contributed by atoms with Crippen molar-refractivity contribution in [3.8, 4) is 0 Å². The minimum Gasteiger partial charge on any atom is -0.442 e. The van der Waals surface area contributed by atoms with E-state index < -0.39 is 33.7 Å². The van der Waals surface area contributed by atoms with Crippen LogP contribution in [0.4, 0.5) is 25.0 Å². The summed E-state index contributed by atoms with van der Waals surface area (Å²) in [5, 5.41) is 13.8. The summed E-state index contributed by atoms with van der Waals surface area (Å²) in [4.78, 5) is 25.9. The van der Waals surface area contributed by atoms with Gasteiger partial charge in [-0.1, -0.05) is 0 Å². The van der Waals surface area contributed by atoms with Crippen LogP contribution in [0.25, 0.3) is 0 Å². The summed E-state index contributed by atoms with van der Waals surface area (Å²) in [6.07, 6.45) is 0.612. The van der Waals surface area contributed by atoms with Crippen molar-refractivity contribution in [1.29, 1.82) is 0 Å². The Morgan fingerprint density at radius 2 is 1.89 bits per heavy atom. The van der Waals surface area contributed by atoms with Crippen LogP contribution in [0.2, 0.25) is 0 Å². The molecule has 12 nitrogen and oxygen atoms in total. The molecule has 35 heavy (non-hydrogen) atoms. The number of piperidine rings is 1. The Balaban J connectivity index is 1.44. The van der Waals surface area contributed by atoms with Crippen molar-refractivity contribution in [3.05, 3.63) is 29.6 Å². The Hall–Kier alpha value is -3.36. The van der Waals surface area contributed by atoms with E-state index in [4.69, 9.17) is 4.74 Å². The average Bonchev–Trinajstić information content (AvgIpc) is 3.37. The maximum atomic E-state index is 15.0. The molecule has 2 amide bonds. The van der Waals surface area contributed by atoms with Gasteiger partial charge in [-0.3, -0.25) is 9.69 Å². The molecule has 2 saturated heterocycles. The molecular weight excluding hydrogens is 488 g/mol. The average molecular weight is 514 g/mol.